The fourth-order valence-electron chi connectivity index (χ4n) is 2.95. The Hall–Kier alpha value is -1.44. The summed E-state index contributed by atoms with van der Waals surface area (Å²) in [5, 5.41) is 9.51. The van der Waals surface area contributed by atoms with Crippen molar-refractivity contribution in [2.45, 2.75) is 31.7 Å². The normalized spacial score (nSPS) is 17.0. The molecule has 1 aromatic rings. The molecule has 0 unspecified atom stereocenters. The Bertz CT molecular complexity index is 499. The Balaban J connectivity index is 1.91. The summed E-state index contributed by atoms with van der Waals surface area (Å²) in [7, 11) is 1.55. The third-order valence-electron chi connectivity index (χ3n) is 4.26. The van der Waals surface area contributed by atoms with Crippen molar-refractivity contribution in [3.63, 3.8) is 0 Å². The highest BCUT2D eigenvalue weighted by molar-refractivity contribution is 7.07. The number of methoxy groups -OCH3 is 1. The van der Waals surface area contributed by atoms with Crippen molar-refractivity contribution >= 4 is 23.2 Å². The van der Waals surface area contributed by atoms with Crippen molar-refractivity contribution < 1.29 is 14.3 Å². The summed E-state index contributed by atoms with van der Waals surface area (Å²) in [6, 6.07) is 2.23. The lowest BCUT2D eigenvalue weighted by molar-refractivity contribution is -0.139. The molecule has 2 heterocycles. The lowest BCUT2D eigenvalue weighted by Crippen LogP contribution is -2.45. The largest absolute Gasteiger partial charge is 0.383 e. The molecule has 1 aromatic heterocycles. The smallest absolute Gasteiger partial charge is 0.309 e. The number of nitrogens with zero attached hydrogens (tertiary/aromatic N) is 1. The zero-order valence-electron chi connectivity index (χ0n) is 14.3. The summed E-state index contributed by atoms with van der Waals surface area (Å²) in [6.07, 6.45) is 4.90. The van der Waals surface area contributed by atoms with Crippen molar-refractivity contribution in [2.75, 3.05) is 39.9 Å². The predicted molar refractivity (Wildman–Crippen MR) is 95.0 cm³/mol. The molecule has 24 heavy (non-hydrogen) atoms. The van der Waals surface area contributed by atoms with Gasteiger partial charge in [-0.15, -0.1) is 0 Å². The van der Waals surface area contributed by atoms with E-state index in [0.717, 1.165) is 13.1 Å². The molecule has 6 nitrogen and oxygen atoms in total. The summed E-state index contributed by atoms with van der Waals surface area (Å²) in [6.45, 7) is 3.26. The Morgan fingerprint density at radius 1 is 1.21 bits per heavy atom. The SMILES string of the molecule is COCCNC(=O)C(=O)NC[C@H](c1ccsc1)N1CCCCCC1. The fraction of sp³-hybridized carbons (Fsp3) is 0.647. The molecule has 134 valence electrons. The fourth-order valence-corrected chi connectivity index (χ4v) is 3.65. The van der Waals surface area contributed by atoms with Crippen LogP contribution in [0.25, 0.3) is 0 Å². The number of thiophene rings is 1. The first-order valence-electron chi connectivity index (χ1n) is 8.53. The molecule has 2 amide bonds. The van der Waals surface area contributed by atoms with Gasteiger partial charge in [0.2, 0.25) is 0 Å². The third kappa shape index (κ3) is 5.89. The number of nitrogens with one attached hydrogen (secondary N) is 2. The number of hydrogen-bond acceptors (Lipinski definition) is 5. The van der Waals surface area contributed by atoms with Crippen LogP contribution in [0.15, 0.2) is 16.8 Å². The van der Waals surface area contributed by atoms with Crippen molar-refractivity contribution in [2.24, 2.45) is 0 Å². The monoisotopic (exact) mass is 353 g/mol. The van der Waals surface area contributed by atoms with Gasteiger partial charge in [-0.05, 0) is 48.3 Å². The van der Waals surface area contributed by atoms with Crippen LogP contribution in [0, 0.1) is 0 Å². The van der Waals surface area contributed by atoms with E-state index >= 15 is 0 Å². The molecule has 2 N–H and O–H groups in total. The maximum Gasteiger partial charge on any atom is 0.309 e. The van der Waals surface area contributed by atoms with Crippen LogP contribution in [0.5, 0.6) is 0 Å². The van der Waals surface area contributed by atoms with Crippen LogP contribution < -0.4 is 10.6 Å². The summed E-state index contributed by atoms with van der Waals surface area (Å²) < 4.78 is 4.86. The van der Waals surface area contributed by atoms with E-state index in [1.807, 2.05) is 0 Å². The number of carbonyl (C=O) groups excluding carboxylic acids is 2. The first kappa shape index (κ1) is 18.9. The summed E-state index contributed by atoms with van der Waals surface area (Å²) in [5.41, 5.74) is 1.21. The first-order valence-corrected chi connectivity index (χ1v) is 9.47. The predicted octanol–water partition coefficient (Wildman–Crippen LogP) is 1.54. The molecule has 0 aromatic carbocycles. The van der Waals surface area contributed by atoms with Crippen molar-refractivity contribution in [3.8, 4) is 0 Å². The average molecular weight is 353 g/mol. The van der Waals surface area contributed by atoms with Crippen LogP contribution in [0.2, 0.25) is 0 Å². The quantitative estimate of drug-likeness (QED) is 0.576. The minimum atomic E-state index is -0.605. The molecule has 1 aliphatic heterocycles. The van der Waals surface area contributed by atoms with Gasteiger partial charge in [-0.2, -0.15) is 11.3 Å². The number of rotatable bonds is 7. The van der Waals surface area contributed by atoms with Gasteiger partial charge in [0.05, 0.1) is 12.6 Å². The Kier molecular flexibility index (Phi) is 8.21. The molecule has 1 saturated heterocycles. The minimum absolute atomic E-state index is 0.130. The lowest BCUT2D eigenvalue weighted by atomic mass is 10.1. The van der Waals surface area contributed by atoms with E-state index in [9.17, 15) is 9.59 Å². The van der Waals surface area contributed by atoms with E-state index in [-0.39, 0.29) is 6.04 Å². The molecule has 1 fully saturated rings. The molecule has 0 saturated carbocycles. The van der Waals surface area contributed by atoms with Gasteiger partial charge in [0.1, 0.15) is 0 Å². The van der Waals surface area contributed by atoms with Crippen LogP contribution in [0.4, 0.5) is 0 Å². The minimum Gasteiger partial charge on any atom is -0.383 e. The van der Waals surface area contributed by atoms with E-state index in [1.165, 1.54) is 31.2 Å². The van der Waals surface area contributed by atoms with Crippen LogP contribution in [0.3, 0.4) is 0 Å². The standard InChI is InChI=1S/C17H27N3O3S/c1-23-10-7-18-16(21)17(22)19-12-15(14-6-11-24-13-14)20-8-4-2-3-5-9-20/h6,11,13,15H,2-5,7-10,12H2,1H3,(H,18,21)(H,19,22)/t15-/m1/s1. The topological polar surface area (TPSA) is 70.7 Å². The molecule has 0 aliphatic carbocycles. The van der Waals surface area contributed by atoms with Crippen LogP contribution in [-0.2, 0) is 14.3 Å². The van der Waals surface area contributed by atoms with Crippen molar-refractivity contribution in [3.05, 3.63) is 22.4 Å². The van der Waals surface area contributed by atoms with E-state index in [1.54, 1.807) is 18.4 Å². The summed E-state index contributed by atoms with van der Waals surface area (Å²) >= 11 is 1.66. The van der Waals surface area contributed by atoms with Gasteiger partial charge in [0.25, 0.3) is 0 Å². The number of likely N-dealkylation sites (tertiary alicyclic amines) is 1. The second kappa shape index (κ2) is 10.4. The van der Waals surface area contributed by atoms with Gasteiger partial charge in [-0.1, -0.05) is 12.8 Å². The Morgan fingerprint density at radius 3 is 2.54 bits per heavy atom. The van der Waals surface area contributed by atoms with Crippen LogP contribution in [-0.4, -0.2) is 56.6 Å². The molecule has 2 rings (SSSR count). The van der Waals surface area contributed by atoms with Gasteiger partial charge < -0.3 is 15.4 Å². The van der Waals surface area contributed by atoms with Crippen molar-refractivity contribution in [1.29, 1.82) is 0 Å². The Morgan fingerprint density at radius 2 is 1.92 bits per heavy atom. The number of hydrogen-bond donors (Lipinski definition) is 2. The van der Waals surface area contributed by atoms with Gasteiger partial charge in [-0.3, -0.25) is 14.5 Å². The average Bonchev–Trinajstić information content (AvgIpc) is 2.98. The number of ether oxygens (including phenoxy) is 1. The van der Waals surface area contributed by atoms with E-state index in [0.29, 0.717) is 19.7 Å². The summed E-state index contributed by atoms with van der Waals surface area (Å²) in [5.74, 6) is -1.19. The highest BCUT2D eigenvalue weighted by Crippen LogP contribution is 2.25. The lowest BCUT2D eigenvalue weighted by Gasteiger charge is -2.30. The van der Waals surface area contributed by atoms with Gasteiger partial charge in [0.15, 0.2) is 0 Å². The molecule has 1 atom stereocenters. The highest BCUT2D eigenvalue weighted by Gasteiger charge is 2.23. The molecule has 1 aliphatic rings. The Labute approximate surface area is 147 Å². The molecular formula is C17H27N3O3S. The molecule has 0 spiro atoms. The number of amides is 2. The zero-order valence-corrected chi connectivity index (χ0v) is 15.1. The van der Waals surface area contributed by atoms with Crippen LogP contribution in [0.1, 0.15) is 37.3 Å². The second-order valence-corrected chi connectivity index (χ2v) is 6.76. The maximum atomic E-state index is 12.0. The second-order valence-electron chi connectivity index (χ2n) is 5.98. The number of carbonyl (C=O) groups is 2. The molecule has 0 radical (unpaired) electrons. The van der Waals surface area contributed by atoms with Gasteiger partial charge >= 0.3 is 11.8 Å². The summed E-state index contributed by atoms with van der Waals surface area (Å²) in [4.78, 5) is 26.2. The molecule has 7 heteroatoms. The van der Waals surface area contributed by atoms with Crippen LogP contribution >= 0.6 is 11.3 Å². The maximum absolute atomic E-state index is 12.0. The van der Waals surface area contributed by atoms with E-state index in [2.05, 4.69) is 32.4 Å². The molecular weight excluding hydrogens is 326 g/mol. The van der Waals surface area contributed by atoms with Gasteiger partial charge in [0, 0.05) is 20.2 Å². The first-order chi connectivity index (χ1) is 11.7. The third-order valence-corrected chi connectivity index (χ3v) is 4.96. The van der Waals surface area contributed by atoms with E-state index in [4.69, 9.17) is 4.74 Å². The highest BCUT2D eigenvalue weighted by atomic mass is 32.1. The van der Waals surface area contributed by atoms with Gasteiger partial charge in [-0.25, -0.2) is 0 Å². The van der Waals surface area contributed by atoms with Crippen molar-refractivity contribution in [1.82, 2.24) is 15.5 Å². The zero-order chi connectivity index (χ0) is 17.2. The van der Waals surface area contributed by atoms with E-state index < -0.39 is 11.8 Å². The molecule has 0 bridgehead atoms.